The highest BCUT2D eigenvalue weighted by Crippen LogP contribution is 2.29. The first kappa shape index (κ1) is 6.92. The van der Waals surface area contributed by atoms with Crippen LogP contribution in [0.25, 0.3) is 0 Å². The zero-order valence-electron chi connectivity index (χ0n) is 6.32. The fraction of sp³-hybridized carbons (Fsp3) is 0.222. The maximum atomic E-state index is 4.31. The smallest absolute Gasteiger partial charge is 0.0969 e. The molecule has 0 amide bonds. The quantitative estimate of drug-likeness (QED) is 0.572. The molecule has 2 rings (SSSR count). The molecule has 0 aliphatic carbocycles. The number of hydrogen-bond acceptors (Lipinski definition) is 2. The molecule has 1 heterocycles. The standard InChI is InChI=1S/C9H9NS/c1-7-10-6-8-4-2-3-5-9(8)11-7/h2-7H,1H3. The van der Waals surface area contributed by atoms with Gasteiger partial charge in [-0.3, -0.25) is 4.99 Å². The minimum atomic E-state index is 0.380. The molecule has 11 heavy (non-hydrogen) atoms. The predicted octanol–water partition coefficient (Wildman–Crippen LogP) is 2.56. The zero-order valence-corrected chi connectivity index (χ0v) is 7.14. The van der Waals surface area contributed by atoms with Crippen molar-refractivity contribution in [3.05, 3.63) is 29.8 Å². The van der Waals surface area contributed by atoms with Crippen LogP contribution >= 0.6 is 11.8 Å². The van der Waals surface area contributed by atoms with Gasteiger partial charge in [-0.2, -0.15) is 0 Å². The van der Waals surface area contributed by atoms with Crippen molar-refractivity contribution in [1.82, 2.24) is 0 Å². The van der Waals surface area contributed by atoms with Gasteiger partial charge in [-0.25, -0.2) is 0 Å². The number of aliphatic imine (C=N–C) groups is 1. The second kappa shape index (κ2) is 2.70. The summed E-state index contributed by atoms with van der Waals surface area (Å²) in [5, 5.41) is 0.380. The maximum Gasteiger partial charge on any atom is 0.0969 e. The van der Waals surface area contributed by atoms with E-state index in [4.69, 9.17) is 0 Å². The molecule has 1 aliphatic heterocycles. The zero-order chi connectivity index (χ0) is 7.68. The average Bonchev–Trinajstić information content (AvgIpc) is 2.04. The normalized spacial score (nSPS) is 21.4. The van der Waals surface area contributed by atoms with Crippen molar-refractivity contribution in [3.63, 3.8) is 0 Å². The van der Waals surface area contributed by atoms with Crippen molar-refractivity contribution >= 4 is 18.0 Å². The van der Waals surface area contributed by atoms with Crippen LogP contribution in [-0.4, -0.2) is 11.6 Å². The van der Waals surface area contributed by atoms with Crippen molar-refractivity contribution in [2.75, 3.05) is 0 Å². The second-order valence-electron chi connectivity index (χ2n) is 2.53. The highest BCUT2D eigenvalue weighted by atomic mass is 32.2. The van der Waals surface area contributed by atoms with E-state index in [1.807, 2.05) is 24.0 Å². The fourth-order valence-corrected chi connectivity index (χ4v) is 2.00. The van der Waals surface area contributed by atoms with Crippen molar-refractivity contribution in [3.8, 4) is 0 Å². The summed E-state index contributed by atoms with van der Waals surface area (Å²) >= 11 is 1.81. The first-order valence-electron chi connectivity index (χ1n) is 3.65. The van der Waals surface area contributed by atoms with E-state index < -0.39 is 0 Å². The van der Waals surface area contributed by atoms with Crippen molar-refractivity contribution < 1.29 is 0 Å². The molecule has 0 fully saturated rings. The third kappa shape index (κ3) is 1.31. The Balaban J connectivity index is 2.46. The number of benzene rings is 1. The van der Waals surface area contributed by atoms with Crippen LogP contribution in [0.2, 0.25) is 0 Å². The average molecular weight is 163 g/mol. The molecule has 1 aromatic carbocycles. The van der Waals surface area contributed by atoms with Gasteiger partial charge in [0.2, 0.25) is 0 Å². The van der Waals surface area contributed by atoms with E-state index in [1.165, 1.54) is 10.5 Å². The lowest BCUT2D eigenvalue weighted by Gasteiger charge is -2.13. The van der Waals surface area contributed by atoms with Gasteiger partial charge < -0.3 is 0 Å². The number of hydrogen-bond donors (Lipinski definition) is 0. The van der Waals surface area contributed by atoms with Gasteiger partial charge in [-0.15, -0.1) is 0 Å². The van der Waals surface area contributed by atoms with Gasteiger partial charge in [0.25, 0.3) is 0 Å². The minimum absolute atomic E-state index is 0.380. The summed E-state index contributed by atoms with van der Waals surface area (Å²) in [5.41, 5.74) is 1.25. The molecule has 0 spiro atoms. The van der Waals surface area contributed by atoms with Gasteiger partial charge in [0.05, 0.1) is 5.37 Å². The Morgan fingerprint density at radius 3 is 3.09 bits per heavy atom. The summed E-state index contributed by atoms with van der Waals surface area (Å²) in [5.74, 6) is 0. The van der Waals surface area contributed by atoms with Crippen molar-refractivity contribution in [2.24, 2.45) is 4.99 Å². The van der Waals surface area contributed by atoms with Crippen LogP contribution in [0.3, 0.4) is 0 Å². The molecule has 0 N–H and O–H groups in total. The Morgan fingerprint density at radius 1 is 1.36 bits per heavy atom. The highest BCUT2D eigenvalue weighted by Gasteiger charge is 2.09. The number of rotatable bonds is 0. The summed E-state index contributed by atoms with van der Waals surface area (Å²) in [7, 11) is 0. The largest absolute Gasteiger partial charge is 0.278 e. The maximum absolute atomic E-state index is 4.31. The molecular weight excluding hydrogens is 154 g/mol. The van der Waals surface area contributed by atoms with Gasteiger partial charge in [-0.05, 0) is 13.0 Å². The summed E-state index contributed by atoms with van der Waals surface area (Å²) in [4.78, 5) is 5.65. The van der Waals surface area contributed by atoms with Gasteiger partial charge >= 0.3 is 0 Å². The molecule has 0 aromatic heterocycles. The Hall–Kier alpha value is -0.760. The van der Waals surface area contributed by atoms with Crippen molar-refractivity contribution in [1.29, 1.82) is 0 Å². The van der Waals surface area contributed by atoms with Crippen LogP contribution in [0.15, 0.2) is 34.2 Å². The van der Waals surface area contributed by atoms with Gasteiger partial charge in [0, 0.05) is 16.7 Å². The third-order valence-electron chi connectivity index (χ3n) is 1.64. The Labute approximate surface area is 70.5 Å². The van der Waals surface area contributed by atoms with Crippen LogP contribution in [0, 0.1) is 0 Å². The molecule has 1 aromatic rings. The molecule has 0 saturated carbocycles. The SMILES string of the molecule is CC1N=Cc2ccccc2S1. The molecule has 1 atom stereocenters. The molecule has 56 valence electrons. The minimum Gasteiger partial charge on any atom is -0.278 e. The number of fused-ring (bicyclic) bond motifs is 1. The number of nitrogens with zero attached hydrogens (tertiary/aromatic N) is 1. The Bertz CT molecular complexity index is 293. The molecule has 2 heteroatoms. The summed E-state index contributed by atoms with van der Waals surface area (Å²) in [6.45, 7) is 2.11. The summed E-state index contributed by atoms with van der Waals surface area (Å²) in [6, 6.07) is 8.35. The van der Waals surface area contributed by atoms with Gasteiger partial charge in [0.15, 0.2) is 0 Å². The summed E-state index contributed by atoms with van der Waals surface area (Å²) < 4.78 is 0. The van der Waals surface area contributed by atoms with Crippen LogP contribution in [0.5, 0.6) is 0 Å². The lowest BCUT2D eigenvalue weighted by atomic mass is 10.2. The van der Waals surface area contributed by atoms with Crippen LogP contribution in [0.1, 0.15) is 12.5 Å². The number of thioether (sulfide) groups is 1. The predicted molar refractivity (Wildman–Crippen MR) is 49.4 cm³/mol. The molecule has 0 radical (unpaired) electrons. The first-order valence-corrected chi connectivity index (χ1v) is 4.53. The Morgan fingerprint density at radius 2 is 2.18 bits per heavy atom. The first-order chi connectivity index (χ1) is 5.36. The van der Waals surface area contributed by atoms with E-state index in [2.05, 4.69) is 30.1 Å². The van der Waals surface area contributed by atoms with E-state index in [1.54, 1.807) is 0 Å². The Kier molecular flexibility index (Phi) is 1.70. The van der Waals surface area contributed by atoms with E-state index in [-0.39, 0.29) is 0 Å². The van der Waals surface area contributed by atoms with Crippen LogP contribution in [-0.2, 0) is 0 Å². The molecule has 1 nitrogen and oxygen atoms in total. The molecule has 0 saturated heterocycles. The van der Waals surface area contributed by atoms with E-state index >= 15 is 0 Å². The molecular formula is C9H9NS. The lowest BCUT2D eigenvalue weighted by Crippen LogP contribution is -2.00. The van der Waals surface area contributed by atoms with Gasteiger partial charge in [0.1, 0.15) is 0 Å². The topological polar surface area (TPSA) is 12.4 Å². The van der Waals surface area contributed by atoms with E-state index in [0.29, 0.717) is 5.37 Å². The van der Waals surface area contributed by atoms with Gasteiger partial charge in [-0.1, -0.05) is 30.0 Å². The third-order valence-corrected chi connectivity index (χ3v) is 2.73. The molecule has 1 unspecified atom stereocenters. The molecule has 1 aliphatic rings. The van der Waals surface area contributed by atoms with E-state index in [9.17, 15) is 0 Å². The van der Waals surface area contributed by atoms with E-state index in [0.717, 1.165) is 0 Å². The highest BCUT2D eigenvalue weighted by molar-refractivity contribution is 8.00. The monoisotopic (exact) mass is 163 g/mol. The van der Waals surface area contributed by atoms with Crippen molar-refractivity contribution in [2.45, 2.75) is 17.2 Å². The lowest BCUT2D eigenvalue weighted by molar-refractivity contribution is 1.04. The summed E-state index contributed by atoms with van der Waals surface area (Å²) in [6.07, 6.45) is 1.95. The second-order valence-corrected chi connectivity index (χ2v) is 3.89. The fourth-order valence-electron chi connectivity index (χ4n) is 1.09. The molecule has 0 bridgehead atoms. The van der Waals surface area contributed by atoms with Crippen LogP contribution < -0.4 is 0 Å². The van der Waals surface area contributed by atoms with Crippen LogP contribution in [0.4, 0.5) is 0 Å².